The molecule has 2 fully saturated rings. The summed E-state index contributed by atoms with van der Waals surface area (Å²) in [5.41, 5.74) is -0.708. The van der Waals surface area contributed by atoms with Crippen LogP contribution in [0.3, 0.4) is 0 Å². The smallest absolute Gasteiger partial charge is 0.317 e. The Labute approximate surface area is 120 Å². The normalized spacial score (nSPS) is 22.4. The molecular formula is C15H26N2O3. The average Bonchev–Trinajstić information content (AvgIpc) is 2.64. The minimum Gasteiger partial charge on any atom is -0.481 e. The zero-order chi connectivity index (χ0) is 14.6. The van der Waals surface area contributed by atoms with Crippen LogP contribution in [0.5, 0.6) is 0 Å². The van der Waals surface area contributed by atoms with Gasteiger partial charge in [-0.3, -0.25) is 4.79 Å². The van der Waals surface area contributed by atoms with Gasteiger partial charge in [0.15, 0.2) is 0 Å². The Bertz CT molecular complexity index is 358. The third-order valence-electron chi connectivity index (χ3n) is 5.04. The van der Waals surface area contributed by atoms with Gasteiger partial charge in [-0.25, -0.2) is 4.79 Å². The van der Waals surface area contributed by atoms with Gasteiger partial charge in [0.1, 0.15) is 0 Å². The van der Waals surface area contributed by atoms with Gasteiger partial charge in [-0.1, -0.05) is 32.1 Å². The Morgan fingerprint density at radius 1 is 1.15 bits per heavy atom. The van der Waals surface area contributed by atoms with E-state index < -0.39 is 11.4 Å². The van der Waals surface area contributed by atoms with Crippen molar-refractivity contribution < 1.29 is 14.7 Å². The van der Waals surface area contributed by atoms with Crippen molar-refractivity contribution >= 4 is 12.0 Å². The number of rotatable bonds is 4. The van der Waals surface area contributed by atoms with Crippen molar-refractivity contribution in [2.75, 3.05) is 13.6 Å². The maximum Gasteiger partial charge on any atom is 0.317 e. The Hall–Kier alpha value is -1.26. The van der Waals surface area contributed by atoms with Gasteiger partial charge in [0.05, 0.1) is 5.41 Å². The number of hydrogen-bond acceptors (Lipinski definition) is 2. The standard InChI is InChI=1S/C15H26N2O3/c1-17(12-7-4-2-3-5-8-12)14(20)16-11-15(13(18)19)9-6-10-15/h12H,2-11H2,1H3,(H,16,20)(H,18,19). The fraction of sp³-hybridized carbons (Fsp3) is 0.867. The van der Waals surface area contributed by atoms with Crippen molar-refractivity contribution in [2.24, 2.45) is 5.41 Å². The number of aliphatic carboxylic acids is 1. The lowest BCUT2D eigenvalue weighted by molar-refractivity contribution is -0.153. The maximum absolute atomic E-state index is 12.2. The third-order valence-corrected chi connectivity index (χ3v) is 5.04. The van der Waals surface area contributed by atoms with Crippen LogP contribution in [0.2, 0.25) is 0 Å². The summed E-state index contributed by atoms with van der Waals surface area (Å²) >= 11 is 0. The molecule has 0 aromatic carbocycles. The first-order valence-electron chi connectivity index (χ1n) is 7.79. The van der Waals surface area contributed by atoms with Gasteiger partial charge in [0, 0.05) is 19.6 Å². The van der Waals surface area contributed by atoms with Gasteiger partial charge in [-0.2, -0.15) is 0 Å². The zero-order valence-electron chi connectivity index (χ0n) is 12.4. The highest BCUT2D eigenvalue weighted by atomic mass is 16.4. The fourth-order valence-electron chi connectivity index (χ4n) is 3.25. The molecule has 114 valence electrons. The molecule has 2 aliphatic carbocycles. The first-order valence-corrected chi connectivity index (χ1v) is 7.79. The number of carbonyl (C=O) groups excluding carboxylic acids is 1. The molecule has 2 saturated carbocycles. The van der Waals surface area contributed by atoms with E-state index in [1.165, 1.54) is 25.7 Å². The Kier molecular flexibility index (Phi) is 4.89. The topological polar surface area (TPSA) is 69.6 Å². The Balaban J connectivity index is 1.83. The molecule has 0 radical (unpaired) electrons. The molecule has 0 spiro atoms. The van der Waals surface area contributed by atoms with Crippen LogP contribution in [-0.4, -0.2) is 41.6 Å². The van der Waals surface area contributed by atoms with Gasteiger partial charge in [0.2, 0.25) is 0 Å². The second-order valence-corrected chi connectivity index (χ2v) is 6.35. The molecule has 0 saturated heterocycles. The molecule has 2 amide bonds. The van der Waals surface area contributed by atoms with Gasteiger partial charge in [0.25, 0.3) is 0 Å². The number of nitrogens with one attached hydrogen (secondary N) is 1. The van der Waals surface area contributed by atoms with Crippen molar-refractivity contribution in [3.63, 3.8) is 0 Å². The molecule has 2 aliphatic rings. The number of carboxylic acid groups (broad SMARTS) is 1. The van der Waals surface area contributed by atoms with E-state index in [4.69, 9.17) is 0 Å². The van der Waals surface area contributed by atoms with E-state index in [1.807, 2.05) is 7.05 Å². The predicted molar refractivity (Wildman–Crippen MR) is 76.6 cm³/mol. The van der Waals surface area contributed by atoms with Crippen molar-refractivity contribution in [3.8, 4) is 0 Å². The van der Waals surface area contributed by atoms with E-state index in [1.54, 1.807) is 4.90 Å². The minimum absolute atomic E-state index is 0.121. The van der Waals surface area contributed by atoms with Gasteiger partial charge >= 0.3 is 12.0 Å². The first kappa shape index (κ1) is 15.1. The molecule has 0 bridgehead atoms. The zero-order valence-corrected chi connectivity index (χ0v) is 12.4. The van der Waals surface area contributed by atoms with Crippen molar-refractivity contribution in [2.45, 2.75) is 63.8 Å². The molecule has 0 atom stereocenters. The molecular weight excluding hydrogens is 256 g/mol. The van der Waals surface area contributed by atoms with Crippen LogP contribution in [0.15, 0.2) is 0 Å². The Morgan fingerprint density at radius 3 is 2.20 bits per heavy atom. The summed E-state index contributed by atoms with van der Waals surface area (Å²) in [6, 6.07) is 0.184. The highest BCUT2D eigenvalue weighted by Gasteiger charge is 2.44. The average molecular weight is 282 g/mol. The van der Waals surface area contributed by atoms with E-state index in [-0.39, 0.29) is 12.6 Å². The van der Waals surface area contributed by atoms with Crippen LogP contribution < -0.4 is 5.32 Å². The SMILES string of the molecule is CN(C(=O)NCC1(C(=O)O)CCC1)C1CCCCCC1. The molecule has 2 rings (SSSR count). The van der Waals surface area contributed by atoms with Crippen molar-refractivity contribution in [1.82, 2.24) is 10.2 Å². The van der Waals surface area contributed by atoms with Gasteiger partial charge in [-0.05, 0) is 25.7 Å². The van der Waals surface area contributed by atoms with Crippen LogP contribution in [0, 0.1) is 5.41 Å². The number of urea groups is 1. The van der Waals surface area contributed by atoms with Crippen LogP contribution in [-0.2, 0) is 4.79 Å². The molecule has 0 aromatic heterocycles. The van der Waals surface area contributed by atoms with Crippen LogP contribution in [0.4, 0.5) is 4.79 Å². The number of carbonyl (C=O) groups is 2. The fourth-order valence-corrected chi connectivity index (χ4v) is 3.25. The van der Waals surface area contributed by atoms with Gasteiger partial charge in [-0.15, -0.1) is 0 Å². The number of nitrogens with zero attached hydrogens (tertiary/aromatic N) is 1. The highest BCUT2D eigenvalue weighted by molar-refractivity contribution is 5.79. The lowest BCUT2D eigenvalue weighted by atomic mass is 9.69. The van der Waals surface area contributed by atoms with Crippen LogP contribution in [0.1, 0.15) is 57.8 Å². The Morgan fingerprint density at radius 2 is 1.75 bits per heavy atom. The molecule has 0 unspecified atom stereocenters. The second-order valence-electron chi connectivity index (χ2n) is 6.35. The first-order chi connectivity index (χ1) is 9.55. The maximum atomic E-state index is 12.2. The number of hydrogen-bond donors (Lipinski definition) is 2. The summed E-state index contributed by atoms with van der Waals surface area (Å²) in [7, 11) is 1.83. The molecule has 2 N–H and O–H groups in total. The van der Waals surface area contributed by atoms with Crippen molar-refractivity contribution in [3.05, 3.63) is 0 Å². The summed E-state index contributed by atoms with van der Waals surface area (Å²) in [6.45, 7) is 0.262. The highest BCUT2D eigenvalue weighted by Crippen LogP contribution is 2.40. The summed E-state index contributed by atoms with van der Waals surface area (Å²) in [4.78, 5) is 25.2. The molecule has 20 heavy (non-hydrogen) atoms. The second kappa shape index (κ2) is 6.46. The summed E-state index contributed by atoms with van der Waals surface area (Å²) in [5, 5.41) is 12.1. The molecule has 5 nitrogen and oxygen atoms in total. The summed E-state index contributed by atoms with van der Waals surface area (Å²) < 4.78 is 0. The van der Waals surface area contributed by atoms with E-state index in [0.29, 0.717) is 18.9 Å². The summed E-state index contributed by atoms with van der Waals surface area (Å²) in [5.74, 6) is -0.777. The van der Waals surface area contributed by atoms with E-state index in [9.17, 15) is 14.7 Å². The van der Waals surface area contributed by atoms with E-state index in [0.717, 1.165) is 19.3 Å². The lowest BCUT2D eigenvalue weighted by Crippen LogP contribution is -2.51. The number of amides is 2. The van der Waals surface area contributed by atoms with Crippen LogP contribution in [0.25, 0.3) is 0 Å². The monoisotopic (exact) mass is 282 g/mol. The third kappa shape index (κ3) is 3.25. The predicted octanol–water partition coefficient (Wildman–Crippen LogP) is 2.61. The van der Waals surface area contributed by atoms with Crippen LogP contribution >= 0.6 is 0 Å². The molecule has 5 heteroatoms. The number of carboxylic acids is 1. The summed E-state index contributed by atoms with van der Waals surface area (Å²) in [6.07, 6.45) is 9.30. The van der Waals surface area contributed by atoms with Gasteiger partial charge < -0.3 is 15.3 Å². The van der Waals surface area contributed by atoms with E-state index >= 15 is 0 Å². The molecule has 0 aromatic rings. The molecule has 0 heterocycles. The minimum atomic E-state index is -0.777. The lowest BCUT2D eigenvalue weighted by Gasteiger charge is -2.38. The largest absolute Gasteiger partial charge is 0.481 e. The van der Waals surface area contributed by atoms with E-state index in [2.05, 4.69) is 5.32 Å². The quantitative estimate of drug-likeness (QED) is 0.779. The van der Waals surface area contributed by atoms with Crippen molar-refractivity contribution in [1.29, 1.82) is 0 Å². The molecule has 0 aliphatic heterocycles.